The van der Waals surface area contributed by atoms with Crippen LogP contribution in [0, 0.1) is 11.8 Å². The van der Waals surface area contributed by atoms with E-state index >= 15 is 0 Å². The lowest BCUT2D eigenvalue weighted by Crippen LogP contribution is -2.51. The third-order valence-electron chi connectivity index (χ3n) is 5.38. The summed E-state index contributed by atoms with van der Waals surface area (Å²) in [7, 11) is 0. The lowest BCUT2D eigenvalue weighted by atomic mass is 9.82. The van der Waals surface area contributed by atoms with E-state index in [1.54, 1.807) is 0 Å². The molecule has 3 heteroatoms. The molecule has 2 fully saturated rings. The number of hydrogen-bond acceptors (Lipinski definition) is 2. The molecule has 2 aliphatic rings. The van der Waals surface area contributed by atoms with Gasteiger partial charge in [0.2, 0.25) is 5.91 Å². The van der Waals surface area contributed by atoms with Crippen LogP contribution in [-0.4, -0.2) is 34.8 Å². The first-order chi connectivity index (χ1) is 11.0. The maximum absolute atomic E-state index is 13.3. The van der Waals surface area contributed by atoms with E-state index < -0.39 is 0 Å². The summed E-state index contributed by atoms with van der Waals surface area (Å²) in [5, 5.41) is 0. The van der Waals surface area contributed by atoms with Gasteiger partial charge in [0, 0.05) is 19.3 Å². The van der Waals surface area contributed by atoms with E-state index in [-0.39, 0.29) is 6.04 Å². The number of likely N-dealkylation sites (tertiary alicyclic amines) is 1. The van der Waals surface area contributed by atoms with E-state index in [1.165, 1.54) is 37.7 Å². The maximum Gasteiger partial charge on any atom is 0.245 e. The minimum Gasteiger partial charge on any atom is -0.342 e. The Labute approximate surface area is 142 Å². The molecule has 1 aliphatic carbocycles. The molecule has 1 atom stereocenters. The molecular formula is C20H34N2O. The van der Waals surface area contributed by atoms with Gasteiger partial charge in [0.25, 0.3) is 0 Å². The Balaban J connectivity index is 2.19. The number of piperidine rings is 1. The van der Waals surface area contributed by atoms with Gasteiger partial charge in [0.15, 0.2) is 0 Å². The van der Waals surface area contributed by atoms with Gasteiger partial charge in [-0.15, -0.1) is 0 Å². The first-order valence-corrected chi connectivity index (χ1v) is 9.36. The molecule has 0 aromatic rings. The SMILES string of the molecule is C=CN(C=C(C)C)C(C(=O)N1CCC(C)CC1)C1CCCCC1. The van der Waals surface area contributed by atoms with Crippen LogP contribution >= 0.6 is 0 Å². The summed E-state index contributed by atoms with van der Waals surface area (Å²) in [5.74, 6) is 1.53. The molecule has 1 saturated carbocycles. The second-order valence-electron chi connectivity index (χ2n) is 7.69. The van der Waals surface area contributed by atoms with Gasteiger partial charge >= 0.3 is 0 Å². The predicted octanol–water partition coefficient (Wildman–Crippen LogP) is 4.56. The van der Waals surface area contributed by atoms with E-state index in [0.29, 0.717) is 11.8 Å². The van der Waals surface area contributed by atoms with E-state index in [4.69, 9.17) is 0 Å². The summed E-state index contributed by atoms with van der Waals surface area (Å²) in [5.41, 5.74) is 1.21. The van der Waals surface area contributed by atoms with Crippen LogP contribution in [0.3, 0.4) is 0 Å². The fraction of sp³-hybridized carbons (Fsp3) is 0.750. The Kier molecular flexibility index (Phi) is 6.73. The molecule has 0 N–H and O–H groups in total. The Hall–Kier alpha value is -1.25. The van der Waals surface area contributed by atoms with Crippen LogP contribution in [0.25, 0.3) is 0 Å². The summed E-state index contributed by atoms with van der Waals surface area (Å²) >= 11 is 0. The molecule has 0 aromatic carbocycles. The summed E-state index contributed by atoms with van der Waals surface area (Å²) in [6.07, 6.45) is 12.4. The normalized spacial score (nSPS) is 21.6. The second kappa shape index (κ2) is 8.56. The zero-order valence-electron chi connectivity index (χ0n) is 15.3. The molecule has 1 heterocycles. The molecule has 1 unspecified atom stereocenters. The molecule has 0 spiro atoms. The van der Waals surface area contributed by atoms with Crippen LogP contribution in [-0.2, 0) is 4.79 Å². The summed E-state index contributed by atoms with van der Waals surface area (Å²) in [6.45, 7) is 12.3. The predicted molar refractivity (Wildman–Crippen MR) is 96.8 cm³/mol. The zero-order chi connectivity index (χ0) is 16.8. The van der Waals surface area contributed by atoms with E-state index in [0.717, 1.165) is 31.8 Å². The molecular weight excluding hydrogens is 284 g/mol. The van der Waals surface area contributed by atoms with Crippen molar-refractivity contribution in [2.24, 2.45) is 11.8 Å². The maximum atomic E-state index is 13.3. The van der Waals surface area contributed by atoms with Crippen molar-refractivity contribution in [3.8, 4) is 0 Å². The van der Waals surface area contributed by atoms with Crippen molar-refractivity contribution in [1.82, 2.24) is 9.80 Å². The summed E-state index contributed by atoms with van der Waals surface area (Å²) < 4.78 is 0. The largest absolute Gasteiger partial charge is 0.342 e. The molecule has 0 bridgehead atoms. The van der Waals surface area contributed by atoms with Gasteiger partial charge in [-0.2, -0.15) is 0 Å². The highest BCUT2D eigenvalue weighted by molar-refractivity contribution is 5.82. The second-order valence-corrected chi connectivity index (χ2v) is 7.69. The Morgan fingerprint density at radius 3 is 2.26 bits per heavy atom. The number of nitrogens with zero attached hydrogens (tertiary/aromatic N) is 2. The van der Waals surface area contributed by atoms with Crippen molar-refractivity contribution in [2.75, 3.05) is 13.1 Å². The van der Waals surface area contributed by atoms with Crippen LogP contribution in [0.5, 0.6) is 0 Å². The third kappa shape index (κ3) is 4.86. The van der Waals surface area contributed by atoms with Crippen LogP contribution in [0.4, 0.5) is 0 Å². The molecule has 1 amide bonds. The lowest BCUT2D eigenvalue weighted by molar-refractivity contribution is -0.139. The van der Waals surface area contributed by atoms with Gasteiger partial charge in [0.1, 0.15) is 6.04 Å². The van der Waals surface area contributed by atoms with Gasteiger partial charge in [-0.3, -0.25) is 4.79 Å². The van der Waals surface area contributed by atoms with E-state index in [2.05, 4.69) is 43.3 Å². The number of hydrogen-bond donors (Lipinski definition) is 0. The highest BCUT2D eigenvalue weighted by Crippen LogP contribution is 2.31. The van der Waals surface area contributed by atoms with Crippen molar-refractivity contribution in [1.29, 1.82) is 0 Å². The van der Waals surface area contributed by atoms with Gasteiger partial charge in [-0.25, -0.2) is 0 Å². The smallest absolute Gasteiger partial charge is 0.245 e. The lowest BCUT2D eigenvalue weighted by Gasteiger charge is -2.40. The van der Waals surface area contributed by atoms with Crippen molar-refractivity contribution in [3.63, 3.8) is 0 Å². The van der Waals surface area contributed by atoms with Crippen molar-refractivity contribution in [2.45, 2.75) is 71.8 Å². The highest BCUT2D eigenvalue weighted by Gasteiger charge is 2.36. The Morgan fingerprint density at radius 2 is 1.74 bits per heavy atom. The molecule has 23 heavy (non-hydrogen) atoms. The van der Waals surface area contributed by atoms with Crippen LogP contribution in [0.1, 0.15) is 65.7 Å². The first-order valence-electron chi connectivity index (χ1n) is 9.36. The molecule has 0 radical (unpaired) electrons. The minimum absolute atomic E-state index is 0.0592. The number of carbonyl (C=O) groups is 1. The number of allylic oxidation sites excluding steroid dienone is 1. The zero-order valence-corrected chi connectivity index (χ0v) is 15.3. The topological polar surface area (TPSA) is 23.6 Å². The number of rotatable bonds is 5. The minimum atomic E-state index is -0.0592. The molecule has 0 aromatic heterocycles. The van der Waals surface area contributed by atoms with Crippen molar-refractivity contribution >= 4 is 5.91 Å². The van der Waals surface area contributed by atoms with Crippen LogP contribution in [0.2, 0.25) is 0 Å². The van der Waals surface area contributed by atoms with Crippen molar-refractivity contribution in [3.05, 3.63) is 24.6 Å². The first kappa shape index (κ1) is 18.1. The van der Waals surface area contributed by atoms with Crippen LogP contribution in [0.15, 0.2) is 24.6 Å². The fourth-order valence-corrected chi connectivity index (χ4v) is 3.98. The standard InChI is InChI=1S/C20H34N2O/c1-5-21(15-16(2)3)19(18-9-7-6-8-10-18)20(23)22-13-11-17(4)12-14-22/h5,15,17-19H,1,6-14H2,2-4H3. The Bertz CT molecular complexity index is 425. The highest BCUT2D eigenvalue weighted by atomic mass is 16.2. The molecule has 130 valence electrons. The summed E-state index contributed by atoms with van der Waals surface area (Å²) in [4.78, 5) is 17.5. The van der Waals surface area contributed by atoms with Gasteiger partial charge in [-0.1, -0.05) is 38.3 Å². The molecule has 1 aliphatic heterocycles. The van der Waals surface area contributed by atoms with Gasteiger partial charge < -0.3 is 9.80 Å². The Morgan fingerprint density at radius 1 is 1.13 bits per heavy atom. The van der Waals surface area contributed by atoms with E-state index in [1.807, 2.05) is 6.20 Å². The van der Waals surface area contributed by atoms with Gasteiger partial charge in [-0.05, 0) is 57.6 Å². The molecule has 1 saturated heterocycles. The molecule has 3 nitrogen and oxygen atoms in total. The average molecular weight is 319 g/mol. The number of amides is 1. The van der Waals surface area contributed by atoms with E-state index in [9.17, 15) is 4.79 Å². The van der Waals surface area contributed by atoms with Gasteiger partial charge in [0.05, 0.1) is 0 Å². The number of carbonyl (C=O) groups excluding carboxylic acids is 1. The van der Waals surface area contributed by atoms with Crippen molar-refractivity contribution < 1.29 is 4.79 Å². The summed E-state index contributed by atoms with van der Waals surface area (Å²) in [6, 6.07) is -0.0592. The average Bonchev–Trinajstić information content (AvgIpc) is 2.55. The fourth-order valence-electron chi connectivity index (χ4n) is 3.98. The third-order valence-corrected chi connectivity index (χ3v) is 5.38. The quantitative estimate of drug-likeness (QED) is 0.741. The van der Waals surface area contributed by atoms with Crippen LogP contribution < -0.4 is 0 Å². The monoisotopic (exact) mass is 318 g/mol. The molecule has 2 rings (SSSR count).